The van der Waals surface area contributed by atoms with Crippen LogP contribution in [0.1, 0.15) is 24.2 Å². The Labute approximate surface area is 165 Å². The molecule has 0 aliphatic rings. The lowest BCUT2D eigenvalue weighted by atomic mass is 9.95. The monoisotopic (exact) mass is 380 g/mol. The van der Waals surface area contributed by atoms with Crippen LogP contribution < -0.4 is 0 Å². The summed E-state index contributed by atoms with van der Waals surface area (Å²) in [7, 11) is 7.66. The van der Waals surface area contributed by atoms with Crippen molar-refractivity contribution in [1.82, 2.24) is 15.0 Å². The number of aliphatic imine (C=N–C) groups is 1. The summed E-state index contributed by atoms with van der Waals surface area (Å²) in [5.41, 5.74) is 2.26. The molecule has 146 valence electrons. The summed E-state index contributed by atoms with van der Waals surface area (Å²) in [6.45, 7) is 1.96. The van der Waals surface area contributed by atoms with E-state index in [1.165, 1.54) is 0 Å². The average Bonchev–Trinajstić information content (AvgIpc) is 3.14. The first-order valence-corrected chi connectivity index (χ1v) is 9.11. The van der Waals surface area contributed by atoms with Crippen LogP contribution in [0.4, 0.5) is 10.2 Å². The molecule has 5 nitrogen and oxygen atoms in total. The van der Waals surface area contributed by atoms with Gasteiger partial charge in [0.15, 0.2) is 5.82 Å². The van der Waals surface area contributed by atoms with Gasteiger partial charge in [0, 0.05) is 45.7 Å². The zero-order chi connectivity index (χ0) is 20.3. The molecule has 28 heavy (non-hydrogen) atoms. The maximum absolute atomic E-state index is 14.7. The highest BCUT2D eigenvalue weighted by Gasteiger charge is 2.17. The van der Waals surface area contributed by atoms with E-state index in [4.69, 9.17) is 4.52 Å². The largest absolute Gasteiger partial charge is 0.359 e. The summed E-state index contributed by atoms with van der Waals surface area (Å²) in [4.78, 5) is 8.31. The van der Waals surface area contributed by atoms with Crippen LogP contribution in [0.2, 0.25) is 0 Å². The highest BCUT2D eigenvalue weighted by molar-refractivity contribution is 5.81. The number of halogens is 1. The molecule has 0 radical (unpaired) electrons. The third kappa shape index (κ3) is 4.22. The smallest absolute Gasteiger partial charge is 0.202 e. The molecule has 3 rings (SSSR count). The summed E-state index contributed by atoms with van der Waals surface area (Å²) >= 11 is 0. The Balaban J connectivity index is 1.85. The number of benzene rings is 2. The highest BCUT2D eigenvalue weighted by Crippen LogP contribution is 2.30. The van der Waals surface area contributed by atoms with Crippen molar-refractivity contribution in [1.29, 1.82) is 0 Å². The lowest BCUT2D eigenvalue weighted by molar-refractivity contribution is 0.377. The van der Waals surface area contributed by atoms with Gasteiger partial charge in [-0.1, -0.05) is 54.5 Å². The number of hydrogen-bond donors (Lipinski definition) is 0. The van der Waals surface area contributed by atoms with Gasteiger partial charge in [0.2, 0.25) is 5.96 Å². The summed E-state index contributed by atoms with van der Waals surface area (Å²) in [5, 5.41) is 4.05. The van der Waals surface area contributed by atoms with Gasteiger partial charge in [0.25, 0.3) is 0 Å². The minimum Gasteiger partial charge on any atom is -0.359 e. The molecule has 6 heteroatoms. The average molecular weight is 380 g/mol. The summed E-state index contributed by atoms with van der Waals surface area (Å²) in [6, 6.07) is 16.6. The van der Waals surface area contributed by atoms with Gasteiger partial charge in [-0.15, -0.1) is 0 Å². The molecule has 1 heterocycles. The van der Waals surface area contributed by atoms with Crippen LogP contribution in [-0.4, -0.2) is 49.1 Å². The molecule has 0 N–H and O–H groups in total. The van der Waals surface area contributed by atoms with Gasteiger partial charge in [0.1, 0.15) is 11.6 Å². The highest BCUT2D eigenvalue weighted by atomic mass is 19.1. The molecule has 0 aliphatic heterocycles. The first-order chi connectivity index (χ1) is 13.4. The van der Waals surface area contributed by atoms with E-state index in [2.05, 4.69) is 10.1 Å². The SMILES string of the molecule is CC(c1ccc(-c2ccccc2)c(F)c1)c1cc(N=C(N(C)C)N(C)C)no1. The van der Waals surface area contributed by atoms with Crippen molar-refractivity contribution in [3.63, 3.8) is 0 Å². The molecular weight excluding hydrogens is 355 g/mol. The standard InChI is InChI=1S/C22H25FN4O/c1-15(20-14-21(25-28-20)24-22(26(2)3)27(4)5)17-11-12-18(19(23)13-17)16-9-7-6-8-10-16/h6-15H,1-5H3. The van der Waals surface area contributed by atoms with E-state index < -0.39 is 0 Å². The number of aromatic nitrogens is 1. The Bertz CT molecular complexity index is 954. The van der Waals surface area contributed by atoms with E-state index in [1.54, 1.807) is 12.1 Å². The lowest BCUT2D eigenvalue weighted by Crippen LogP contribution is -2.35. The maximum atomic E-state index is 14.7. The number of nitrogens with zero attached hydrogens (tertiary/aromatic N) is 4. The van der Waals surface area contributed by atoms with Crippen molar-refractivity contribution < 1.29 is 8.91 Å². The fourth-order valence-electron chi connectivity index (χ4n) is 3.06. The lowest BCUT2D eigenvalue weighted by Gasteiger charge is -2.21. The van der Waals surface area contributed by atoms with E-state index in [-0.39, 0.29) is 11.7 Å². The third-order valence-electron chi connectivity index (χ3n) is 4.54. The molecular formula is C22H25FN4O. The molecule has 1 atom stereocenters. The van der Waals surface area contributed by atoms with Crippen molar-refractivity contribution in [2.45, 2.75) is 12.8 Å². The second kappa shape index (κ2) is 8.25. The van der Waals surface area contributed by atoms with Crippen LogP contribution >= 0.6 is 0 Å². The minimum atomic E-state index is -0.254. The topological polar surface area (TPSA) is 44.9 Å². The summed E-state index contributed by atoms with van der Waals surface area (Å²) < 4.78 is 20.2. The van der Waals surface area contributed by atoms with Gasteiger partial charge in [-0.25, -0.2) is 4.39 Å². The number of hydrogen-bond acceptors (Lipinski definition) is 3. The quantitative estimate of drug-likeness (QED) is 0.484. The van der Waals surface area contributed by atoms with E-state index in [1.807, 2.05) is 87.4 Å². The molecule has 0 aliphatic carbocycles. The molecule has 0 bridgehead atoms. The summed E-state index contributed by atoms with van der Waals surface area (Å²) in [5.74, 6) is 1.49. The molecule has 1 aromatic heterocycles. The first-order valence-electron chi connectivity index (χ1n) is 9.11. The predicted molar refractivity (Wildman–Crippen MR) is 110 cm³/mol. The Hall–Kier alpha value is -3.15. The number of guanidine groups is 1. The van der Waals surface area contributed by atoms with E-state index >= 15 is 0 Å². The van der Waals surface area contributed by atoms with Crippen molar-refractivity contribution >= 4 is 11.8 Å². The zero-order valence-electron chi connectivity index (χ0n) is 16.8. The molecule has 0 saturated heterocycles. The Morgan fingerprint density at radius 3 is 2.29 bits per heavy atom. The second-order valence-electron chi connectivity index (χ2n) is 7.12. The van der Waals surface area contributed by atoms with Crippen molar-refractivity contribution in [3.05, 3.63) is 71.7 Å². The van der Waals surface area contributed by atoms with Gasteiger partial charge in [-0.2, -0.15) is 4.99 Å². The fourth-order valence-corrected chi connectivity index (χ4v) is 3.06. The molecule has 1 unspecified atom stereocenters. The van der Waals surface area contributed by atoms with Gasteiger partial charge in [-0.05, 0) is 17.2 Å². The minimum absolute atomic E-state index is 0.141. The molecule has 3 aromatic rings. The first kappa shape index (κ1) is 19.6. The van der Waals surface area contributed by atoms with Crippen molar-refractivity contribution in [3.8, 4) is 11.1 Å². The van der Waals surface area contributed by atoms with Gasteiger partial charge in [-0.3, -0.25) is 0 Å². The van der Waals surface area contributed by atoms with E-state index in [0.29, 0.717) is 17.1 Å². The molecule has 0 spiro atoms. The molecule has 2 aromatic carbocycles. The van der Waals surface area contributed by atoms with Gasteiger partial charge < -0.3 is 14.3 Å². The zero-order valence-corrected chi connectivity index (χ0v) is 16.8. The summed E-state index contributed by atoms with van der Waals surface area (Å²) in [6.07, 6.45) is 0. The second-order valence-corrected chi connectivity index (χ2v) is 7.12. The third-order valence-corrected chi connectivity index (χ3v) is 4.54. The normalized spacial score (nSPS) is 11.8. The van der Waals surface area contributed by atoms with Crippen LogP contribution in [0.5, 0.6) is 0 Å². The maximum Gasteiger partial charge on any atom is 0.202 e. The van der Waals surface area contributed by atoms with Crippen LogP contribution in [0.25, 0.3) is 11.1 Å². The van der Waals surface area contributed by atoms with E-state index in [9.17, 15) is 4.39 Å². The van der Waals surface area contributed by atoms with Gasteiger partial charge in [0.05, 0.1) is 0 Å². The van der Waals surface area contributed by atoms with Crippen LogP contribution in [0.15, 0.2) is 64.1 Å². The Morgan fingerprint density at radius 1 is 1.00 bits per heavy atom. The van der Waals surface area contributed by atoms with Crippen LogP contribution in [0.3, 0.4) is 0 Å². The Morgan fingerprint density at radius 2 is 1.68 bits per heavy atom. The molecule has 0 fully saturated rings. The van der Waals surface area contributed by atoms with Gasteiger partial charge >= 0.3 is 0 Å². The number of rotatable bonds is 4. The Kier molecular flexibility index (Phi) is 5.78. The van der Waals surface area contributed by atoms with Crippen LogP contribution in [0, 0.1) is 5.82 Å². The van der Waals surface area contributed by atoms with Crippen molar-refractivity contribution in [2.75, 3.05) is 28.2 Å². The molecule has 0 amide bonds. The van der Waals surface area contributed by atoms with Crippen LogP contribution in [-0.2, 0) is 0 Å². The predicted octanol–water partition coefficient (Wildman–Crippen LogP) is 4.74. The van der Waals surface area contributed by atoms with E-state index in [0.717, 1.165) is 17.1 Å². The van der Waals surface area contributed by atoms with Crippen molar-refractivity contribution in [2.24, 2.45) is 4.99 Å². The molecule has 0 saturated carbocycles. The fraction of sp³-hybridized carbons (Fsp3) is 0.273.